The lowest BCUT2D eigenvalue weighted by atomic mass is 9.91. The summed E-state index contributed by atoms with van der Waals surface area (Å²) in [5.74, 6) is 0.00940. The van der Waals surface area contributed by atoms with Gasteiger partial charge in [0.2, 0.25) is 0 Å². The van der Waals surface area contributed by atoms with E-state index in [0.717, 1.165) is 42.4 Å². The van der Waals surface area contributed by atoms with Crippen molar-refractivity contribution in [2.75, 3.05) is 6.16 Å². The molecule has 0 aliphatic heterocycles. The predicted molar refractivity (Wildman–Crippen MR) is 155 cm³/mol. The molecule has 2 aromatic carbocycles. The molecule has 0 saturated carbocycles. The number of benzene rings is 2. The number of rotatable bonds is 11. The second-order valence-electron chi connectivity index (χ2n) is 10.2. The number of hydrogen-bond donors (Lipinski definition) is 2. The fraction of sp³-hybridized carbons (Fsp3) is 0.367. The molecule has 0 fully saturated rings. The second kappa shape index (κ2) is 13.1. The van der Waals surface area contributed by atoms with Gasteiger partial charge in [-0.25, -0.2) is 9.88 Å². The first-order chi connectivity index (χ1) is 19.1. The highest BCUT2D eigenvalue weighted by Gasteiger charge is 2.31. The largest absolute Gasteiger partial charge is 0.460 e. The number of allylic oxidation sites excluding steroid dienone is 2. The highest BCUT2D eigenvalue weighted by Crippen LogP contribution is 2.46. The number of nitrogens with one attached hydrogen (secondary N) is 2. The number of aromatic amines is 1. The van der Waals surface area contributed by atoms with E-state index in [2.05, 4.69) is 16.1 Å². The van der Waals surface area contributed by atoms with Crippen molar-refractivity contribution in [3.8, 4) is 5.75 Å². The van der Waals surface area contributed by atoms with Gasteiger partial charge in [-0.3, -0.25) is 23.7 Å². The van der Waals surface area contributed by atoms with Crippen molar-refractivity contribution in [2.45, 2.75) is 65.6 Å². The average molecular weight is 566 g/mol. The molecular formula is C30H36N3O6P. The number of aryl methyl sites for hydroxylation is 2. The van der Waals surface area contributed by atoms with Crippen molar-refractivity contribution in [3.63, 3.8) is 0 Å². The molecule has 1 aliphatic rings. The minimum Gasteiger partial charge on any atom is -0.460 e. The third kappa shape index (κ3) is 7.71. The SMILES string of the molecule is C/C(=C\CP(=O)(N[C@@H](C)C(=O)OCc1ccccc1)Oc1cccc2c1CCCC2)Cn1cc(C)c(=O)[nH]c1=O. The molecule has 1 heterocycles. The van der Waals surface area contributed by atoms with Gasteiger partial charge in [-0.2, -0.15) is 0 Å². The zero-order chi connectivity index (χ0) is 28.7. The molecule has 9 nitrogen and oxygen atoms in total. The Balaban J connectivity index is 1.54. The number of carbonyl (C=O) groups is 1. The Kier molecular flexibility index (Phi) is 9.61. The lowest BCUT2D eigenvalue weighted by molar-refractivity contribution is -0.146. The van der Waals surface area contributed by atoms with Gasteiger partial charge < -0.3 is 9.26 Å². The van der Waals surface area contributed by atoms with Crippen LogP contribution in [0.2, 0.25) is 0 Å². The number of esters is 1. The van der Waals surface area contributed by atoms with E-state index < -0.39 is 30.8 Å². The van der Waals surface area contributed by atoms with Gasteiger partial charge in [-0.15, -0.1) is 0 Å². The molecule has 4 rings (SSSR count). The van der Waals surface area contributed by atoms with E-state index in [4.69, 9.17) is 9.26 Å². The maximum atomic E-state index is 14.3. The summed E-state index contributed by atoms with van der Waals surface area (Å²) in [6.45, 7) is 5.34. The van der Waals surface area contributed by atoms with Crippen LogP contribution in [0.5, 0.6) is 5.75 Å². The van der Waals surface area contributed by atoms with Gasteiger partial charge in [0, 0.05) is 18.3 Å². The molecule has 1 aliphatic carbocycles. The van der Waals surface area contributed by atoms with Crippen LogP contribution in [0, 0.1) is 6.92 Å². The summed E-state index contributed by atoms with van der Waals surface area (Å²) in [4.78, 5) is 39.0. The number of nitrogens with zero attached hydrogens (tertiary/aromatic N) is 1. The zero-order valence-corrected chi connectivity index (χ0v) is 24.0. The van der Waals surface area contributed by atoms with Crippen molar-refractivity contribution in [1.29, 1.82) is 0 Å². The van der Waals surface area contributed by atoms with Crippen LogP contribution >= 0.6 is 7.52 Å². The number of aromatic nitrogens is 2. The summed E-state index contributed by atoms with van der Waals surface area (Å²) < 4.78 is 27.3. The summed E-state index contributed by atoms with van der Waals surface area (Å²) in [6, 6.07) is 14.2. The number of H-pyrrole nitrogens is 1. The molecule has 0 amide bonds. The zero-order valence-electron chi connectivity index (χ0n) is 23.1. The molecule has 0 spiro atoms. The van der Waals surface area contributed by atoms with Gasteiger partial charge in [0.15, 0.2) is 0 Å². The lowest BCUT2D eigenvalue weighted by Crippen LogP contribution is -2.35. The molecule has 10 heteroatoms. The van der Waals surface area contributed by atoms with Gasteiger partial charge in [0.05, 0.1) is 6.16 Å². The summed E-state index contributed by atoms with van der Waals surface area (Å²) >= 11 is 0. The highest BCUT2D eigenvalue weighted by atomic mass is 31.2. The van der Waals surface area contributed by atoms with E-state index in [1.165, 1.54) is 16.3 Å². The van der Waals surface area contributed by atoms with Gasteiger partial charge in [-0.1, -0.05) is 54.1 Å². The topological polar surface area (TPSA) is 119 Å². The Bertz CT molecular complexity index is 1540. The van der Waals surface area contributed by atoms with Crippen LogP contribution in [0.4, 0.5) is 0 Å². The molecule has 1 unspecified atom stereocenters. The molecular weight excluding hydrogens is 529 g/mol. The van der Waals surface area contributed by atoms with Gasteiger partial charge in [0.25, 0.3) is 5.56 Å². The van der Waals surface area contributed by atoms with Crippen LogP contribution in [0.3, 0.4) is 0 Å². The first-order valence-corrected chi connectivity index (χ1v) is 15.3. The third-order valence-corrected chi connectivity index (χ3v) is 8.79. The maximum Gasteiger partial charge on any atom is 0.328 e. The predicted octanol–water partition coefficient (Wildman–Crippen LogP) is 4.66. The summed E-state index contributed by atoms with van der Waals surface area (Å²) in [5, 5.41) is 2.93. The number of hydrogen-bond acceptors (Lipinski definition) is 6. The van der Waals surface area contributed by atoms with E-state index in [0.29, 0.717) is 11.3 Å². The highest BCUT2D eigenvalue weighted by molar-refractivity contribution is 7.57. The van der Waals surface area contributed by atoms with Crippen molar-refractivity contribution in [3.05, 3.63) is 109 Å². The Morgan fingerprint density at radius 2 is 1.88 bits per heavy atom. The number of carbonyl (C=O) groups excluding carboxylic acids is 1. The molecule has 212 valence electrons. The maximum absolute atomic E-state index is 14.3. The fourth-order valence-corrected chi connectivity index (χ4v) is 6.62. The molecule has 0 bridgehead atoms. The van der Waals surface area contributed by atoms with E-state index in [1.807, 2.05) is 42.5 Å². The minimum absolute atomic E-state index is 0.0180. The number of ether oxygens (including phenoxy) is 1. The minimum atomic E-state index is -3.65. The van der Waals surface area contributed by atoms with Crippen molar-refractivity contribution >= 4 is 13.5 Å². The monoisotopic (exact) mass is 565 g/mol. The molecule has 0 radical (unpaired) electrons. The Morgan fingerprint density at radius 3 is 2.65 bits per heavy atom. The van der Waals surface area contributed by atoms with Crippen LogP contribution in [0.25, 0.3) is 0 Å². The van der Waals surface area contributed by atoms with Gasteiger partial charge >= 0.3 is 19.2 Å². The van der Waals surface area contributed by atoms with Crippen LogP contribution in [0.15, 0.2) is 76.0 Å². The van der Waals surface area contributed by atoms with Crippen LogP contribution < -0.4 is 20.9 Å². The molecule has 2 atom stereocenters. The van der Waals surface area contributed by atoms with E-state index >= 15 is 0 Å². The summed E-state index contributed by atoms with van der Waals surface area (Å²) in [6.07, 6.45) is 7.12. The third-order valence-electron chi connectivity index (χ3n) is 6.86. The second-order valence-corrected chi connectivity index (χ2v) is 12.4. The van der Waals surface area contributed by atoms with Crippen LogP contribution in [-0.2, 0) is 40.1 Å². The van der Waals surface area contributed by atoms with Crippen LogP contribution in [0.1, 0.15) is 48.9 Å². The quantitative estimate of drug-likeness (QED) is 0.197. The lowest BCUT2D eigenvalue weighted by Gasteiger charge is -2.26. The average Bonchev–Trinajstić information content (AvgIpc) is 2.94. The smallest absolute Gasteiger partial charge is 0.328 e. The van der Waals surface area contributed by atoms with Crippen LogP contribution in [-0.4, -0.2) is 27.7 Å². The Morgan fingerprint density at radius 1 is 1.12 bits per heavy atom. The fourth-order valence-electron chi connectivity index (χ4n) is 4.65. The van der Waals surface area contributed by atoms with Crippen molar-refractivity contribution in [2.24, 2.45) is 0 Å². The molecule has 40 heavy (non-hydrogen) atoms. The molecule has 2 N–H and O–H groups in total. The van der Waals surface area contributed by atoms with Crippen molar-refractivity contribution in [1.82, 2.24) is 14.6 Å². The standard InChI is InChI=1S/C30H36N3O6P/c1-21(18-33-19-22(2)28(34)31-30(33)36)16-17-40(37,39-27-15-9-13-25-12-7-8-14-26(25)27)32-23(3)29(35)38-20-24-10-5-4-6-11-24/h4-6,9-11,13,15-16,19,23H,7-8,12,14,17-18,20H2,1-3H3,(H,32,37)(H,31,34,36)/b21-16+/t23-,40?/m0/s1. The van der Waals surface area contributed by atoms with E-state index in [9.17, 15) is 18.9 Å². The summed E-state index contributed by atoms with van der Waals surface area (Å²) in [7, 11) is -3.65. The Hall–Kier alpha value is -3.68. The van der Waals surface area contributed by atoms with Gasteiger partial charge in [0.1, 0.15) is 18.4 Å². The first-order valence-electron chi connectivity index (χ1n) is 13.5. The van der Waals surface area contributed by atoms with E-state index in [1.54, 1.807) is 26.8 Å². The number of fused-ring (bicyclic) bond motifs is 1. The molecule has 0 saturated heterocycles. The van der Waals surface area contributed by atoms with E-state index in [-0.39, 0.29) is 19.3 Å². The Labute approximate surface area is 233 Å². The molecule has 3 aromatic rings. The van der Waals surface area contributed by atoms with Crippen molar-refractivity contribution < 1.29 is 18.6 Å². The first kappa shape index (κ1) is 29.3. The summed E-state index contributed by atoms with van der Waals surface area (Å²) in [5.41, 5.74) is 3.30. The normalized spacial score (nSPS) is 15.5. The van der Waals surface area contributed by atoms with Gasteiger partial charge in [-0.05, 0) is 69.2 Å². The molecule has 1 aromatic heterocycles.